The predicted molar refractivity (Wildman–Crippen MR) is 53.3 cm³/mol. The van der Waals surface area contributed by atoms with Crippen LogP contribution in [-0.2, 0) is 4.79 Å². The van der Waals surface area contributed by atoms with Crippen molar-refractivity contribution in [2.45, 2.75) is 19.3 Å². The number of carbonyl (C=O) groups excluding carboxylic acids is 2. The van der Waals surface area contributed by atoms with Crippen LogP contribution in [0.25, 0.3) is 0 Å². The predicted octanol–water partition coefficient (Wildman–Crippen LogP) is 0.605. The summed E-state index contributed by atoms with van der Waals surface area (Å²) in [5.41, 5.74) is 0.475. The maximum atomic E-state index is 11.6. The largest absolute Gasteiger partial charge is 0.342 e. The monoisotopic (exact) mass is 207 g/mol. The highest BCUT2D eigenvalue weighted by Crippen LogP contribution is 2.10. The third kappa shape index (κ3) is 2.23. The molecule has 5 heteroatoms. The molecule has 0 aromatic carbocycles. The normalized spacial score (nSPS) is 15.6. The zero-order valence-corrected chi connectivity index (χ0v) is 8.40. The number of amides is 1. The SMILES string of the molecule is O=C(CC(=O)N1CCCC1)c1cn[nH]c1. The third-order valence-corrected chi connectivity index (χ3v) is 2.59. The van der Waals surface area contributed by atoms with Crippen molar-refractivity contribution >= 4 is 11.7 Å². The number of Topliss-reactive ketones (excluding diaryl/α,β-unsaturated/α-hetero) is 1. The number of hydrogen-bond donors (Lipinski definition) is 1. The quantitative estimate of drug-likeness (QED) is 0.583. The van der Waals surface area contributed by atoms with Crippen LogP contribution < -0.4 is 0 Å². The fraction of sp³-hybridized carbons (Fsp3) is 0.500. The maximum Gasteiger partial charge on any atom is 0.230 e. The molecule has 0 aliphatic carbocycles. The Morgan fingerprint density at radius 2 is 2.13 bits per heavy atom. The molecule has 1 aromatic rings. The Labute approximate surface area is 87.5 Å². The van der Waals surface area contributed by atoms with Gasteiger partial charge in [0.1, 0.15) is 0 Å². The van der Waals surface area contributed by atoms with E-state index in [4.69, 9.17) is 0 Å². The van der Waals surface area contributed by atoms with Gasteiger partial charge in [-0.25, -0.2) is 0 Å². The highest BCUT2D eigenvalue weighted by molar-refractivity contribution is 6.07. The number of hydrogen-bond acceptors (Lipinski definition) is 3. The van der Waals surface area contributed by atoms with Crippen molar-refractivity contribution in [2.24, 2.45) is 0 Å². The Hall–Kier alpha value is -1.65. The van der Waals surface area contributed by atoms with E-state index in [1.165, 1.54) is 12.4 Å². The summed E-state index contributed by atoms with van der Waals surface area (Å²) in [7, 11) is 0. The summed E-state index contributed by atoms with van der Waals surface area (Å²) in [5, 5.41) is 6.24. The first-order valence-electron chi connectivity index (χ1n) is 5.07. The van der Waals surface area contributed by atoms with E-state index in [0.717, 1.165) is 25.9 Å². The van der Waals surface area contributed by atoms with Crippen molar-refractivity contribution < 1.29 is 9.59 Å². The van der Waals surface area contributed by atoms with Crippen LogP contribution >= 0.6 is 0 Å². The second-order valence-electron chi connectivity index (χ2n) is 3.67. The fourth-order valence-electron chi connectivity index (χ4n) is 1.72. The van der Waals surface area contributed by atoms with E-state index in [-0.39, 0.29) is 18.1 Å². The zero-order valence-electron chi connectivity index (χ0n) is 8.40. The number of H-pyrrole nitrogens is 1. The Morgan fingerprint density at radius 1 is 1.40 bits per heavy atom. The summed E-state index contributed by atoms with van der Waals surface area (Å²) >= 11 is 0. The summed E-state index contributed by atoms with van der Waals surface area (Å²) in [6.45, 7) is 1.58. The molecule has 0 bridgehead atoms. The first-order valence-corrected chi connectivity index (χ1v) is 5.07. The molecular weight excluding hydrogens is 194 g/mol. The minimum absolute atomic E-state index is 0.0421. The molecule has 1 aliphatic rings. The molecule has 2 heterocycles. The lowest BCUT2D eigenvalue weighted by Crippen LogP contribution is -2.29. The van der Waals surface area contributed by atoms with E-state index < -0.39 is 0 Å². The summed E-state index contributed by atoms with van der Waals surface area (Å²) in [6, 6.07) is 0. The molecular formula is C10H13N3O2. The molecule has 0 unspecified atom stereocenters. The summed E-state index contributed by atoms with van der Waals surface area (Å²) in [4.78, 5) is 24.9. The molecule has 1 N–H and O–H groups in total. The fourth-order valence-corrected chi connectivity index (χ4v) is 1.72. The van der Waals surface area contributed by atoms with Gasteiger partial charge in [0.2, 0.25) is 5.91 Å². The Morgan fingerprint density at radius 3 is 2.73 bits per heavy atom. The van der Waals surface area contributed by atoms with Crippen LogP contribution in [0.3, 0.4) is 0 Å². The van der Waals surface area contributed by atoms with E-state index in [9.17, 15) is 9.59 Å². The van der Waals surface area contributed by atoms with Crippen LogP contribution in [0, 0.1) is 0 Å². The van der Waals surface area contributed by atoms with Crippen molar-refractivity contribution in [3.8, 4) is 0 Å². The molecule has 0 saturated carbocycles. The highest BCUT2D eigenvalue weighted by atomic mass is 16.2. The number of ketones is 1. The number of aromatic nitrogens is 2. The Bertz CT molecular complexity index is 353. The number of nitrogens with one attached hydrogen (secondary N) is 1. The zero-order chi connectivity index (χ0) is 10.7. The summed E-state index contributed by atoms with van der Waals surface area (Å²) in [6.07, 6.45) is 5.01. The molecule has 15 heavy (non-hydrogen) atoms. The van der Waals surface area contributed by atoms with Crippen molar-refractivity contribution in [2.75, 3.05) is 13.1 Å². The topological polar surface area (TPSA) is 66.1 Å². The van der Waals surface area contributed by atoms with Gasteiger partial charge in [-0.05, 0) is 12.8 Å². The number of likely N-dealkylation sites (tertiary alicyclic amines) is 1. The van der Waals surface area contributed by atoms with Gasteiger partial charge in [0, 0.05) is 19.3 Å². The van der Waals surface area contributed by atoms with Crippen molar-refractivity contribution in [3.05, 3.63) is 18.0 Å². The van der Waals surface area contributed by atoms with Gasteiger partial charge in [-0.1, -0.05) is 0 Å². The lowest BCUT2D eigenvalue weighted by molar-refractivity contribution is -0.129. The van der Waals surface area contributed by atoms with Gasteiger partial charge in [-0.2, -0.15) is 5.10 Å². The van der Waals surface area contributed by atoms with Crippen molar-refractivity contribution in [1.82, 2.24) is 15.1 Å². The Balaban J connectivity index is 1.91. The van der Waals surface area contributed by atoms with Crippen molar-refractivity contribution in [1.29, 1.82) is 0 Å². The summed E-state index contributed by atoms with van der Waals surface area (Å²) < 4.78 is 0. The molecule has 80 valence electrons. The average Bonchev–Trinajstić information content (AvgIpc) is 2.91. The smallest absolute Gasteiger partial charge is 0.230 e. The molecule has 1 amide bonds. The van der Waals surface area contributed by atoms with E-state index in [0.29, 0.717) is 5.56 Å². The molecule has 2 rings (SSSR count). The van der Waals surface area contributed by atoms with E-state index in [1.807, 2.05) is 0 Å². The first-order chi connectivity index (χ1) is 7.27. The maximum absolute atomic E-state index is 11.6. The van der Waals surface area contributed by atoms with E-state index >= 15 is 0 Å². The summed E-state index contributed by atoms with van der Waals surface area (Å²) in [5.74, 6) is -0.237. The van der Waals surface area contributed by atoms with Gasteiger partial charge in [-0.3, -0.25) is 14.7 Å². The van der Waals surface area contributed by atoms with Crippen LogP contribution in [0.5, 0.6) is 0 Å². The lowest BCUT2D eigenvalue weighted by atomic mass is 10.1. The third-order valence-electron chi connectivity index (χ3n) is 2.59. The highest BCUT2D eigenvalue weighted by Gasteiger charge is 2.21. The van der Waals surface area contributed by atoms with Gasteiger partial charge in [0.05, 0.1) is 18.2 Å². The molecule has 1 saturated heterocycles. The number of nitrogens with zero attached hydrogens (tertiary/aromatic N) is 2. The molecule has 0 atom stereocenters. The minimum atomic E-state index is -0.166. The van der Waals surface area contributed by atoms with Gasteiger partial charge in [0.15, 0.2) is 5.78 Å². The molecule has 1 aliphatic heterocycles. The second-order valence-corrected chi connectivity index (χ2v) is 3.67. The van der Waals surface area contributed by atoms with Gasteiger partial charge >= 0.3 is 0 Å². The molecule has 1 aromatic heterocycles. The minimum Gasteiger partial charge on any atom is -0.342 e. The van der Waals surface area contributed by atoms with Crippen LogP contribution in [-0.4, -0.2) is 39.9 Å². The molecule has 5 nitrogen and oxygen atoms in total. The van der Waals surface area contributed by atoms with Crippen molar-refractivity contribution in [3.63, 3.8) is 0 Å². The lowest BCUT2D eigenvalue weighted by Gasteiger charge is -2.13. The van der Waals surface area contributed by atoms with Gasteiger partial charge in [-0.15, -0.1) is 0 Å². The van der Waals surface area contributed by atoms with Crippen LogP contribution in [0.2, 0.25) is 0 Å². The van der Waals surface area contributed by atoms with E-state index in [2.05, 4.69) is 10.2 Å². The van der Waals surface area contributed by atoms with Gasteiger partial charge < -0.3 is 4.90 Å². The molecule has 0 spiro atoms. The number of aromatic amines is 1. The number of carbonyl (C=O) groups is 2. The van der Waals surface area contributed by atoms with Crippen LogP contribution in [0.15, 0.2) is 12.4 Å². The molecule has 1 fully saturated rings. The standard InChI is InChI=1S/C10H13N3O2/c14-9(8-6-11-12-7-8)5-10(15)13-3-1-2-4-13/h6-7H,1-5H2,(H,11,12). The van der Waals surface area contributed by atoms with Gasteiger partial charge in [0.25, 0.3) is 0 Å². The molecule has 0 radical (unpaired) electrons. The Kier molecular flexibility index (Phi) is 2.80. The second kappa shape index (κ2) is 4.25. The first kappa shape index (κ1) is 9.89. The van der Waals surface area contributed by atoms with Crippen LogP contribution in [0.4, 0.5) is 0 Å². The average molecular weight is 207 g/mol. The number of rotatable bonds is 3. The van der Waals surface area contributed by atoms with E-state index in [1.54, 1.807) is 4.90 Å². The van der Waals surface area contributed by atoms with Crippen LogP contribution in [0.1, 0.15) is 29.6 Å².